The van der Waals surface area contributed by atoms with Crippen LogP contribution in [0.5, 0.6) is 0 Å². The quantitative estimate of drug-likeness (QED) is 0.696. The fourth-order valence-corrected chi connectivity index (χ4v) is 1.70. The number of amides is 2. The van der Waals surface area contributed by atoms with Crippen LogP contribution in [0.25, 0.3) is 0 Å². The SMILES string of the molecule is Cc1cnc(NC(=O)NC2CCNCC2)o1. The summed E-state index contributed by atoms with van der Waals surface area (Å²) in [6.07, 6.45) is 3.48. The van der Waals surface area contributed by atoms with Gasteiger partial charge in [-0.3, -0.25) is 5.32 Å². The van der Waals surface area contributed by atoms with Crippen LogP contribution < -0.4 is 16.0 Å². The number of nitrogens with zero attached hydrogens (tertiary/aromatic N) is 1. The normalized spacial score (nSPS) is 17.1. The molecule has 0 bridgehead atoms. The minimum atomic E-state index is -0.256. The molecule has 0 unspecified atom stereocenters. The van der Waals surface area contributed by atoms with Crippen molar-refractivity contribution in [2.75, 3.05) is 18.4 Å². The molecule has 1 aromatic heterocycles. The molecule has 2 rings (SSSR count). The number of carbonyl (C=O) groups is 1. The number of rotatable bonds is 2. The summed E-state index contributed by atoms with van der Waals surface area (Å²) in [4.78, 5) is 15.4. The molecule has 1 saturated heterocycles. The molecule has 2 amide bonds. The zero-order chi connectivity index (χ0) is 11.4. The van der Waals surface area contributed by atoms with Gasteiger partial charge >= 0.3 is 12.0 Å². The lowest BCUT2D eigenvalue weighted by Gasteiger charge is -2.23. The van der Waals surface area contributed by atoms with Gasteiger partial charge in [-0.2, -0.15) is 0 Å². The molecular formula is C10H16N4O2. The van der Waals surface area contributed by atoms with Gasteiger partial charge in [0.1, 0.15) is 5.76 Å². The number of piperidine rings is 1. The Morgan fingerprint density at radius 1 is 1.56 bits per heavy atom. The first-order chi connectivity index (χ1) is 7.74. The van der Waals surface area contributed by atoms with E-state index in [-0.39, 0.29) is 18.1 Å². The molecule has 6 nitrogen and oxygen atoms in total. The predicted octanol–water partition coefficient (Wildman–Crippen LogP) is 0.857. The Balaban J connectivity index is 1.79. The van der Waals surface area contributed by atoms with Crippen LogP contribution in [0.1, 0.15) is 18.6 Å². The van der Waals surface area contributed by atoms with E-state index in [9.17, 15) is 4.79 Å². The number of hydrogen-bond acceptors (Lipinski definition) is 4. The van der Waals surface area contributed by atoms with Crippen molar-refractivity contribution in [2.45, 2.75) is 25.8 Å². The van der Waals surface area contributed by atoms with E-state index in [1.165, 1.54) is 0 Å². The van der Waals surface area contributed by atoms with E-state index in [0.717, 1.165) is 25.9 Å². The molecule has 0 saturated carbocycles. The third-order valence-corrected chi connectivity index (χ3v) is 2.52. The van der Waals surface area contributed by atoms with E-state index in [1.807, 2.05) is 0 Å². The molecule has 1 aromatic rings. The molecular weight excluding hydrogens is 208 g/mol. The van der Waals surface area contributed by atoms with Crippen molar-refractivity contribution in [3.05, 3.63) is 12.0 Å². The lowest BCUT2D eigenvalue weighted by Crippen LogP contribution is -2.44. The topological polar surface area (TPSA) is 79.2 Å². The van der Waals surface area contributed by atoms with Crippen LogP contribution in [0.15, 0.2) is 10.6 Å². The fourth-order valence-electron chi connectivity index (χ4n) is 1.70. The molecule has 2 heterocycles. The Morgan fingerprint density at radius 2 is 2.31 bits per heavy atom. The fraction of sp³-hybridized carbons (Fsp3) is 0.600. The highest BCUT2D eigenvalue weighted by Crippen LogP contribution is 2.07. The number of hydrogen-bond donors (Lipinski definition) is 3. The predicted molar refractivity (Wildman–Crippen MR) is 59.3 cm³/mol. The molecule has 0 aromatic carbocycles. The summed E-state index contributed by atoms with van der Waals surface area (Å²) < 4.78 is 5.15. The maximum Gasteiger partial charge on any atom is 0.323 e. The lowest BCUT2D eigenvalue weighted by atomic mass is 10.1. The molecule has 0 aliphatic carbocycles. The summed E-state index contributed by atoms with van der Waals surface area (Å²) in [6, 6.07) is 0.218. The monoisotopic (exact) mass is 224 g/mol. The van der Waals surface area contributed by atoms with Crippen molar-refractivity contribution in [3.8, 4) is 0 Å². The molecule has 1 fully saturated rings. The van der Waals surface area contributed by atoms with Gasteiger partial charge in [0, 0.05) is 6.04 Å². The standard InChI is InChI=1S/C10H16N4O2/c1-7-6-12-10(16-7)14-9(15)13-8-2-4-11-5-3-8/h6,8,11H,2-5H2,1H3,(H2,12,13,14,15). The first kappa shape index (κ1) is 10.9. The van der Waals surface area contributed by atoms with Crippen molar-refractivity contribution >= 4 is 12.0 Å². The zero-order valence-corrected chi connectivity index (χ0v) is 9.25. The van der Waals surface area contributed by atoms with E-state index in [0.29, 0.717) is 5.76 Å². The average molecular weight is 224 g/mol. The van der Waals surface area contributed by atoms with E-state index in [1.54, 1.807) is 13.1 Å². The highest BCUT2D eigenvalue weighted by molar-refractivity contribution is 5.87. The van der Waals surface area contributed by atoms with Crippen LogP contribution in [0.2, 0.25) is 0 Å². The van der Waals surface area contributed by atoms with Crippen molar-refractivity contribution in [1.82, 2.24) is 15.6 Å². The van der Waals surface area contributed by atoms with Gasteiger partial charge in [-0.15, -0.1) is 0 Å². The van der Waals surface area contributed by atoms with Gasteiger partial charge in [-0.1, -0.05) is 0 Å². The third kappa shape index (κ3) is 2.96. The highest BCUT2D eigenvalue weighted by atomic mass is 16.4. The lowest BCUT2D eigenvalue weighted by molar-refractivity contribution is 0.244. The van der Waals surface area contributed by atoms with Crippen LogP contribution >= 0.6 is 0 Å². The zero-order valence-electron chi connectivity index (χ0n) is 9.25. The minimum absolute atomic E-state index is 0.234. The Kier molecular flexibility index (Phi) is 3.40. The second-order valence-electron chi connectivity index (χ2n) is 3.90. The van der Waals surface area contributed by atoms with E-state index < -0.39 is 0 Å². The van der Waals surface area contributed by atoms with Gasteiger partial charge in [-0.25, -0.2) is 9.78 Å². The summed E-state index contributed by atoms with van der Waals surface area (Å²) in [6.45, 7) is 3.68. The Morgan fingerprint density at radius 3 is 2.94 bits per heavy atom. The van der Waals surface area contributed by atoms with E-state index >= 15 is 0 Å². The summed E-state index contributed by atoms with van der Waals surface area (Å²) >= 11 is 0. The number of urea groups is 1. The highest BCUT2D eigenvalue weighted by Gasteiger charge is 2.16. The molecule has 16 heavy (non-hydrogen) atoms. The van der Waals surface area contributed by atoms with Crippen LogP contribution in [0.3, 0.4) is 0 Å². The van der Waals surface area contributed by atoms with E-state index in [4.69, 9.17) is 4.42 Å². The molecule has 0 atom stereocenters. The van der Waals surface area contributed by atoms with Gasteiger partial charge in [0.25, 0.3) is 0 Å². The molecule has 1 aliphatic heterocycles. The Bertz CT molecular complexity index is 357. The first-order valence-electron chi connectivity index (χ1n) is 5.45. The molecule has 88 valence electrons. The molecule has 3 N–H and O–H groups in total. The number of anilines is 1. The number of oxazole rings is 1. The van der Waals surface area contributed by atoms with Gasteiger partial charge in [-0.05, 0) is 32.9 Å². The first-order valence-corrected chi connectivity index (χ1v) is 5.45. The molecule has 0 radical (unpaired) electrons. The van der Waals surface area contributed by atoms with Crippen LogP contribution in [-0.4, -0.2) is 30.1 Å². The minimum Gasteiger partial charge on any atom is -0.429 e. The number of aromatic nitrogens is 1. The average Bonchev–Trinajstić information content (AvgIpc) is 2.65. The van der Waals surface area contributed by atoms with Crippen LogP contribution in [0.4, 0.5) is 10.8 Å². The number of carbonyl (C=O) groups excluding carboxylic acids is 1. The number of nitrogens with one attached hydrogen (secondary N) is 3. The largest absolute Gasteiger partial charge is 0.429 e. The van der Waals surface area contributed by atoms with Crippen molar-refractivity contribution in [3.63, 3.8) is 0 Å². The molecule has 0 spiro atoms. The Labute approximate surface area is 93.8 Å². The number of aryl methyl sites for hydroxylation is 1. The van der Waals surface area contributed by atoms with Gasteiger partial charge in [0.2, 0.25) is 0 Å². The van der Waals surface area contributed by atoms with Crippen molar-refractivity contribution in [2.24, 2.45) is 0 Å². The second kappa shape index (κ2) is 4.98. The van der Waals surface area contributed by atoms with Gasteiger partial charge in [0.15, 0.2) is 0 Å². The van der Waals surface area contributed by atoms with Gasteiger partial charge < -0.3 is 15.1 Å². The second-order valence-corrected chi connectivity index (χ2v) is 3.90. The van der Waals surface area contributed by atoms with Gasteiger partial charge in [0.05, 0.1) is 6.20 Å². The van der Waals surface area contributed by atoms with Crippen molar-refractivity contribution in [1.29, 1.82) is 0 Å². The molecule has 6 heteroatoms. The van der Waals surface area contributed by atoms with Crippen LogP contribution in [0, 0.1) is 6.92 Å². The smallest absolute Gasteiger partial charge is 0.323 e. The summed E-state index contributed by atoms with van der Waals surface area (Å²) in [5, 5.41) is 8.69. The molecule has 1 aliphatic rings. The third-order valence-electron chi connectivity index (χ3n) is 2.52. The van der Waals surface area contributed by atoms with Crippen molar-refractivity contribution < 1.29 is 9.21 Å². The summed E-state index contributed by atoms with van der Waals surface area (Å²) in [5.74, 6) is 0.678. The maximum absolute atomic E-state index is 11.5. The van der Waals surface area contributed by atoms with E-state index in [2.05, 4.69) is 20.9 Å². The maximum atomic E-state index is 11.5. The summed E-state index contributed by atoms with van der Waals surface area (Å²) in [7, 11) is 0. The Hall–Kier alpha value is -1.56. The van der Waals surface area contributed by atoms with Crippen LogP contribution in [-0.2, 0) is 0 Å². The summed E-state index contributed by atoms with van der Waals surface area (Å²) in [5.41, 5.74) is 0.